The minimum atomic E-state index is -4.84. The Bertz CT molecular complexity index is 1010. The van der Waals surface area contributed by atoms with Gasteiger partial charge in [0.1, 0.15) is 0 Å². The van der Waals surface area contributed by atoms with Crippen LogP contribution in [0.1, 0.15) is 110 Å². The SMILES string of the molecule is C=CCCCCCCCCCCC[CH2-].CCCCCOC(=O)C(CC(=O)O)S(=O)(=O)O.O=C(O)CC(C(=O)O)S(=O)(=O)O.[Na+]. The van der Waals surface area contributed by atoms with E-state index in [1.54, 1.807) is 0 Å². The molecule has 0 aromatic heterocycles. The zero-order chi connectivity index (χ0) is 33.9. The van der Waals surface area contributed by atoms with Crippen molar-refractivity contribution >= 4 is 44.1 Å². The molecule has 44 heavy (non-hydrogen) atoms. The van der Waals surface area contributed by atoms with Gasteiger partial charge in [-0.05, 0) is 19.3 Å². The fourth-order valence-corrected chi connectivity index (χ4v) is 4.54. The van der Waals surface area contributed by atoms with E-state index in [-0.39, 0.29) is 36.2 Å². The maximum absolute atomic E-state index is 11.3. The summed E-state index contributed by atoms with van der Waals surface area (Å²) < 4.78 is 63.5. The largest absolute Gasteiger partial charge is 1.00 e. The molecule has 0 radical (unpaired) electrons. The Kier molecular flexibility index (Phi) is 33.8. The molecule has 2 unspecified atom stereocenters. The normalized spacial score (nSPS) is 12.1. The van der Waals surface area contributed by atoms with Crippen molar-refractivity contribution in [3.8, 4) is 0 Å². The van der Waals surface area contributed by atoms with Gasteiger partial charge < -0.3 is 27.0 Å². The molecule has 5 N–H and O–H groups in total. The van der Waals surface area contributed by atoms with Gasteiger partial charge in [0.15, 0.2) is 10.5 Å². The number of carbonyl (C=O) groups is 4. The third-order valence-corrected chi connectivity index (χ3v) is 7.79. The molecule has 0 aliphatic heterocycles. The molecule has 0 aliphatic carbocycles. The molecular formula is C27H49NaO14S2. The van der Waals surface area contributed by atoms with Gasteiger partial charge in [0, 0.05) is 0 Å². The van der Waals surface area contributed by atoms with Crippen LogP contribution in [0.4, 0.5) is 0 Å². The quantitative estimate of drug-likeness (QED) is 0.0256. The molecule has 0 amide bonds. The number of allylic oxidation sites excluding steroid dienone is 1. The number of unbranched alkanes of at least 4 members (excludes halogenated alkanes) is 12. The maximum atomic E-state index is 11.3. The van der Waals surface area contributed by atoms with E-state index in [1.165, 1.54) is 64.2 Å². The van der Waals surface area contributed by atoms with Crippen molar-refractivity contribution in [1.82, 2.24) is 0 Å². The number of ether oxygens (including phenoxy) is 1. The number of carbonyl (C=O) groups excluding carboxylic acids is 1. The molecule has 0 aromatic rings. The second kappa shape index (κ2) is 30.1. The van der Waals surface area contributed by atoms with Crippen LogP contribution in [-0.2, 0) is 44.2 Å². The number of rotatable bonds is 23. The van der Waals surface area contributed by atoms with E-state index in [1.807, 2.05) is 13.0 Å². The van der Waals surface area contributed by atoms with Crippen molar-refractivity contribution < 1.29 is 94.7 Å². The number of carboxylic acids is 3. The Morgan fingerprint density at radius 2 is 1.14 bits per heavy atom. The first-order valence-corrected chi connectivity index (χ1v) is 17.1. The minimum Gasteiger partial charge on any atom is -0.481 e. The molecule has 0 saturated carbocycles. The average molecular weight is 685 g/mol. The monoisotopic (exact) mass is 684 g/mol. The molecule has 0 saturated heterocycles. The molecule has 17 heteroatoms. The number of aliphatic carboxylic acids is 3. The van der Waals surface area contributed by atoms with Crippen molar-refractivity contribution in [1.29, 1.82) is 0 Å². The van der Waals surface area contributed by atoms with Gasteiger partial charge in [0.25, 0.3) is 20.2 Å². The molecule has 254 valence electrons. The first kappa shape index (κ1) is 49.3. The van der Waals surface area contributed by atoms with E-state index in [2.05, 4.69) is 18.2 Å². The van der Waals surface area contributed by atoms with Crippen LogP contribution in [0.15, 0.2) is 12.7 Å². The third kappa shape index (κ3) is 33.3. The topological polar surface area (TPSA) is 247 Å². The maximum Gasteiger partial charge on any atom is 1.00 e. The zero-order valence-electron chi connectivity index (χ0n) is 25.9. The van der Waals surface area contributed by atoms with Gasteiger partial charge in [0.05, 0.1) is 19.4 Å². The Morgan fingerprint density at radius 1 is 0.727 bits per heavy atom. The molecule has 0 fully saturated rings. The number of hydrogen-bond donors (Lipinski definition) is 5. The Hall–Kier alpha value is -1.56. The van der Waals surface area contributed by atoms with Gasteiger partial charge in [-0.1, -0.05) is 77.2 Å². The van der Waals surface area contributed by atoms with Crippen LogP contribution in [0.25, 0.3) is 0 Å². The number of esters is 1. The van der Waals surface area contributed by atoms with Crippen molar-refractivity contribution in [2.45, 2.75) is 120 Å². The van der Waals surface area contributed by atoms with Crippen molar-refractivity contribution in [3.05, 3.63) is 19.6 Å². The second-order valence-electron chi connectivity index (χ2n) is 9.53. The average Bonchev–Trinajstić information content (AvgIpc) is 2.88. The zero-order valence-corrected chi connectivity index (χ0v) is 29.5. The molecular weight excluding hydrogens is 635 g/mol. The van der Waals surface area contributed by atoms with Crippen LogP contribution in [0, 0.1) is 6.92 Å². The van der Waals surface area contributed by atoms with E-state index >= 15 is 0 Å². The molecule has 14 nitrogen and oxygen atoms in total. The fraction of sp³-hybridized carbons (Fsp3) is 0.741. The van der Waals surface area contributed by atoms with Gasteiger partial charge in [-0.15, -0.1) is 6.58 Å². The molecule has 0 spiro atoms. The van der Waals surface area contributed by atoms with E-state index in [4.69, 9.17) is 24.4 Å². The summed E-state index contributed by atoms with van der Waals surface area (Å²) in [4.78, 5) is 41.6. The van der Waals surface area contributed by atoms with Gasteiger partial charge in [-0.2, -0.15) is 23.3 Å². The summed E-state index contributed by atoms with van der Waals surface area (Å²) in [5, 5.41) is 20.3. The predicted molar refractivity (Wildman–Crippen MR) is 160 cm³/mol. The first-order chi connectivity index (χ1) is 19.9. The Balaban J connectivity index is -0.000000274. The summed E-state index contributed by atoms with van der Waals surface area (Å²) in [6.45, 7) is 9.53. The number of carboxylic acid groups (broad SMARTS) is 3. The van der Waals surface area contributed by atoms with Crippen LogP contribution < -0.4 is 29.6 Å². The van der Waals surface area contributed by atoms with Crippen LogP contribution in [-0.4, -0.2) is 82.2 Å². The molecule has 0 heterocycles. The molecule has 0 aromatic carbocycles. The third-order valence-electron chi connectivity index (χ3n) is 5.63. The predicted octanol–water partition coefficient (Wildman–Crippen LogP) is 1.55. The van der Waals surface area contributed by atoms with E-state index in [9.17, 15) is 36.0 Å². The summed E-state index contributed by atoms with van der Waals surface area (Å²) in [6, 6.07) is 0. The van der Waals surface area contributed by atoms with Crippen LogP contribution in [0.3, 0.4) is 0 Å². The van der Waals surface area contributed by atoms with Crippen molar-refractivity contribution in [2.75, 3.05) is 6.61 Å². The van der Waals surface area contributed by atoms with Crippen LogP contribution in [0.5, 0.6) is 0 Å². The van der Waals surface area contributed by atoms with E-state index in [0.29, 0.717) is 6.42 Å². The van der Waals surface area contributed by atoms with E-state index < -0.39 is 67.5 Å². The molecule has 0 bridgehead atoms. The van der Waals surface area contributed by atoms with Crippen molar-refractivity contribution in [3.63, 3.8) is 0 Å². The van der Waals surface area contributed by atoms with Gasteiger partial charge in [-0.3, -0.25) is 28.3 Å². The Labute approximate surface area is 283 Å². The molecule has 0 aliphatic rings. The summed E-state index contributed by atoms with van der Waals surface area (Å²) >= 11 is 0. The molecule has 2 atom stereocenters. The summed E-state index contributed by atoms with van der Waals surface area (Å²) in [7, 11) is -9.60. The Morgan fingerprint density at radius 3 is 1.45 bits per heavy atom. The summed E-state index contributed by atoms with van der Waals surface area (Å²) in [5.41, 5.74) is 0. The standard InChI is InChI=1S/C14H27.C9H16O7S.C4H6O7S.Na/c1-3-5-7-9-11-13-14-12-10-8-6-4-2;1-2-3-4-5-16-9(12)7(6-8(10)11)17(13,14)15;5-3(6)1-2(4(7)8)12(9,10)11;/h3H,1-2,4-14H2;7H,2-6H2,1H3,(H,10,11)(H,13,14,15);2H,1H2,(H,5,6)(H,7,8)(H,9,10,11);/q-1;;;+1. The van der Waals surface area contributed by atoms with E-state index in [0.717, 1.165) is 19.3 Å². The first-order valence-electron chi connectivity index (χ1n) is 14.1. The van der Waals surface area contributed by atoms with Gasteiger partial charge in [0.2, 0.25) is 0 Å². The van der Waals surface area contributed by atoms with Crippen LogP contribution >= 0.6 is 0 Å². The second-order valence-corrected chi connectivity index (χ2v) is 12.7. The van der Waals surface area contributed by atoms with Crippen LogP contribution in [0.2, 0.25) is 0 Å². The van der Waals surface area contributed by atoms with Gasteiger partial charge >= 0.3 is 53.4 Å². The summed E-state index contributed by atoms with van der Waals surface area (Å²) in [5.74, 6) is -6.23. The minimum absolute atomic E-state index is 0. The van der Waals surface area contributed by atoms with Gasteiger partial charge in [-0.25, -0.2) is 0 Å². The smallest absolute Gasteiger partial charge is 0.481 e. The van der Waals surface area contributed by atoms with Crippen molar-refractivity contribution in [2.24, 2.45) is 0 Å². The molecule has 0 rings (SSSR count). The summed E-state index contributed by atoms with van der Waals surface area (Å²) in [6.07, 6.45) is 17.0. The fourth-order valence-electron chi connectivity index (χ4n) is 3.27. The number of hydrogen-bond acceptors (Lipinski definition) is 9.